The third kappa shape index (κ3) is 5.85. The second-order valence-electron chi connectivity index (χ2n) is 7.18. The van der Waals surface area contributed by atoms with E-state index in [2.05, 4.69) is 25.8 Å². The van der Waals surface area contributed by atoms with Crippen LogP contribution in [-0.2, 0) is 6.42 Å². The number of hydrogen-bond donors (Lipinski definition) is 4. The molecular weight excluding hydrogens is 404 g/mol. The third-order valence-electron chi connectivity index (χ3n) is 4.97. The maximum Gasteiger partial charge on any atom is 0.255 e. The van der Waals surface area contributed by atoms with Crippen LogP contribution in [0.25, 0.3) is 11.3 Å². The second-order valence-corrected chi connectivity index (χ2v) is 7.18. The van der Waals surface area contributed by atoms with E-state index in [-0.39, 0.29) is 42.0 Å². The monoisotopic (exact) mass is 429 g/mol. The van der Waals surface area contributed by atoms with E-state index < -0.39 is 11.7 Å². The average Bonchev–Trinajstić information content (AvgIpc) is 3.29. The van der Waals surface area contributed by atoms with Crippen molar-refractivity contribution in [1.82, 2.24) is 20.5 Å². The molecule has 0 aliphatic carbocycles. The molecule has 0 bridgehead atoms. The minimum atomic E-state index is -0.656. The summed E-state index contributed by atoms with van der Waals surface area (Å²) in [5, 5.41) is 21.5. The molecule has 4 N–H and O–H groups in total. The Kier molecular flexibility index (Phi) is 7.66. The first-order valence-electron chi connectivity index (χ1n) is 10.1. The maximum atomic E-state index is 14.7. The number of aromatic nitrogens is 3. The highest BCUT2D eigenvalue weighted by Gasteiger charge is 2.20. The van der Waals surface area contributed by atoms with Crippen LogP contribution in [0.5, 0.6) is 0 Å². The van der Waals surface area contributed by atoms with Gasteiger partial charge in [0.2, 0.25) is 0 Å². The number of nitrogens with zero attached hydrogens (tertiary/aromatic N) is 2. The normalized spacial score (nSPS) is 11.9. The number of halogens is 2. The molecule has 1 aromatic carbocycles. The van der Waals surface area contributed by atoms with Gasteiger partial charge in [0.25, 0.3) is 5.91 Å². The van der Waals surface area contributed by atoms with Crippen molar-refractivity contribution >= 4 is 11.7 Å². The summed E-state index contributed by atoms with van der Waals surface area (Å²) >= 11 is 0. The van der Waals surface area contributed by atoms with Gasteiger partial charge in [-0.1, -0.05) is 19.1 Å². The number of nitrogens with one attached hydrogen (secondary N) is 3. The van der Waals surface area contributed by atoms with E-state index in [4.69, 9.17) is 0 Å². The predicted molar refractivity (Wildman–Crippen MR) is 114 cm³/mol. The molecule has 2 heterocycles. The summed E-state index contributed by atoms with van der Waals surface area (Å²) in [4.78, 5) is 17.0. The highest BCUT2D eigenvalue weighted by atomic mass is 19.1. The fourth-order valence-corrected chi connectivity index (χ4v) is 3.07. The highest BCUT2D eigenvalue weighted by Crippen LogP contribution is 2.25. The molecule has 164 valence electrons. The van der Waals surface area contributed by atoms with E-state index in [1.807, 2.05) is 6.92 Å². The lowest BCUT2D eigenvalue weighted by molar-refractivity contribution is 0.0939. The molecule has 2 aromatic heterocycles. The first kappa shape index (κ1) is 22.4. The summed E-state index contributed by atoms with van der Waals surface area (Å²) in [5.74, 6) is -1.35. The summed E-state index contributed by atoms with van der Waals surface area (Å²) in [6, 6.07) is 7.36. The fraction of sp³-hybridized carbons (Fsp3) is 0.318. The van der Waals surface area contributed by atoms with Crippen molar-refractivity contribution in [3.63, 3.8) is 0 Å². The number of amides is 1. The molecule has 0 saturated heterocycles. The number of carbonyl (C=O) groups excluding carboxylic acids is 1. The van der Waals surface area contributed by atoms with Gasteiger partial charge in [-0.25, -0.2) is 13.8 Å². The van der Waals surface area contributed by atoms with E-state index in [1.165, 1.54) is 24.5 Å². The first-order valence-corrected chi connectivity index (χ1v) is 10.1. The van der Waals surface area contributed by atoms with Gasteiger partial charge in [0.15, 0.2) is 5.82 Å². The van der Waals surface area contributed by atoms with Crippen LogP contribution in [0.15, 0.2) is 42.7 Å². The molecule has 7 nitrogen and oxygen atoms in total. The Labute approximate surface area is 178 Å². The van der Waals surface area contributed by atoms with Crippen LogP contribution in [-0.4, -0.2) is 45.9 Å². The standard InChI is InChI=1S/C22H25F2N5O2/c1-2-14(13-30)10-26-22(31)18-9-19(24)20(16-11-27-28-12-16)29-21(18)25-7-6-15-4-3-5-17(23)8-15/h3-5,8-9,11-12,14,30H,2,6-7,10,13H2,1H3,(H,25,29)(H,26,31)(H,27,28)/t14-/m1/s1. The topological polar surface area (TPSA) is 103 Å². The molecule has 0 aliphatic heterocycles. The van der Waals surface area contributed by atoms with Crippen LogP contribution >= 0.6 is 0 Å². The van der Waals surface area contributed by atoms with Gasteiger partial charge in [0.05, 0.1) is 11.8 Å². The molecule has 0 spiro atoms. The number of benzene rings is 1. The molecule has 3 aromatic rings. The highest BCUT2D eigenvalue weighted by molar-refractivity contribution is 5.99. The quantitative estimate of drug-likeness (QED) is 0.397. The first-order chi connectivity index (χ1) is 15.0. The zero-order chi connectivity index (χ0) is 22.2. The van der Waals surface area contributed by atoms with Crippen LogP contribution < -0.4 is 10.6 Å². The molecule has 0 unspecified atom stereocenters. The van der Waals surface area contributed by atoms with Crippen molar-refractivity contribution < 1.29 is 18.7 Å². The zero-order valence-electron chi connectivity index (χ0n) is 17.2. The Hall–Kier alpha value is -3.33. The minimum Gasteiger partial charge on any atom is -0.396 e. The Morgan fingerprint density at radius 2 is 2.13 bits per heavy atom. The Morgan fingerprint density at radius 3 is 2.81 bits per heavy atom. The lowest BCUT2D eigenvalue weighted by atomic mass is 10.1. The number of H-pyrrole nitrogens is 1. The molecule has 0 saturated carbocycles. The Morgan fingerprint density at radius 1 is 1.29 bits per heavy atom. The van der Waals surface area contributed by atoms with Crippen molar-refractivity contribution in [3.8, 4) is 11.3 Å². The summed E-state index contributed by atoms with van der Waals surface area (Å²) in [7, 11) is 0. The molecule has 9 heteroatoms. The van der Waals surface area contributed by atoms with Crippen LogP contribution in [0.3, 0.4) is 0 Å². The second kappa shape index (κ2) is 10.6. The number of anilines is 1. The van der Waals surface area contributed by atoms with Gasteiger partial charge >= 0.3 is 0 Å². The van der Waals surface area contributed by atoms with Gasteiger partial charge in [-0.2, -0.15) is 5.10 Å². The van der Waals surface area contributed by atoms with Crippen LogP contribution in [0, 0.1) is 17.6 Å². The van der Waals surface area contributed by atoms with Gasteiger partial charge < -0.3 is 15.7 Å². The van der Waals surface area contributed by atoms with E-state index in [0.717, 1.165) is 11.6 Å². The molecule has 0 radical (unpaired) electrons. The SMILES string of the molecule is CC[C@@H](CO)CNC(=O)c1cc(F)c(-c2cn[nH]c2)nc1NCCc1cccc(F)c1. The third-order valence-corrected chi connectivity index (χ3v) is 4.97. The molecule has 31 heavy (non-hydrogen) atoms. The van der Waals surface area contributed by atoms with E-state index in [1.54, 1.807) is 12.1 Å². The molecule has 1 atom stereocenters. The van der Waals surface area contributed by atoms with Gasteiger partial charge in [0.1, 0.15) is 17.3 Å². The summed E-state index contributed by atoms with van der Waals surface area (Å²) in [5.41, 5.74) is 1.34. The summed E-state index contributed by atoms with van der Waals surface area (Å²) < 4.78 is 28.1. The van der Waals surface area contributed by atoms with Crippen LogP contribution in [0.2, 0.25) is 0 Å². The number of rotatable bonds is 10. The average molecular weight is 429 g/mol. The molecular formula is C22H25F2N5O2. The number of carbonyl (C=O) groups is 1. The number of aromatic amines is 1. The van der Waals surface area contributed by atoms with E-state index in [0.29, 0.717) is 24.9 Å². The molecule has 0 fully saturated rings. The number of aliphatic hydroxyl groups excluding tert-OH is 1. The maximum absolute atomic E-state index is 14.7. The molecule has 1 amide bonds. The molecule has 0 aliphatic rings. The lowest BCUT2D eigenvalue weighted by Crippen LogP contribution is -2.31. The van der Waals surface area contributed by atoms with Crippen molar-refractivity contribution in [1.29, 1.82) is 0 Å². The molecule has 3 rings (SSSR count). The van der Waals surface area contributed by atoms with Gasteiger partial charge in [0, 0.05) is 31.5 Å². The van der Waals surface area contributed by atoms with Crippen molar-refractivity contribution in [3.05, 3.63) is 65.5 Å². The lowest BCUT2D eigenvalue weighted by Gasteiger charge is -2.16. The summed E-state index contributed by atoms with van der Waals surface area (Å²) in [6.07, 6.45) is 4.13. The minimum absolute atomic E-state index is 0.0526. The van der Waals surface area contributed by atoms with Crippen molar-refractivity contribution in [2.75, 3.05) is 25.0 Å². The Bertz CT molecular complexity index is 1010. The largest absolute Gasteiger partial charge is 0.396 e. The Balaban J connectivity index is 1.82. The van der Waals surface area contributed by atoms with Gasteiger partial charge in [-0.15, -0.1) is 0 Å². The van der Waals surface area contributed by atoms with Crippen LogP contribution in [0.4, 0.5) is 14.6 Å². The van der Waals surface area contributed by atoms with Crippen LogP contribution in [0.1, 0.15) is 29.3 Å². The smallest absolute Gasteiger partial charge is 0.255 e. The fourth-order valence-electron chi connectivity index (χ4n) is 3.07. The number of hydrogen-bond acceptors (Lipinski definition) is 5. The van der Waals surface area contributed by atoms with Gasteiger partial charge in [-0.3, -0.25) is 9.89 Å². The summed E-state index contributed by atoms with van der Waals surface area (Å²) in [6.45, 7) is 2.48. The zero-order valence-corrected chi connectivity index (χ0v) is 17.2. The predicted octanol–water partition coefficient (Wildman–Crippen LogP) is 3.15. The van der Waals surface area contributed by atoms with Crippen molar-refractivity contribution in [2.24, 2.45) is 5.92 Å². The van der Waals surface area contributed by atoms with E-state index >= 15 is 0 Å². The van der Waals surface area contributed by atoms with E-state index in [9.17, 15) is 18.7 Å². The number of pyridine rings is 1. The number of aliphatic hydroxyl groups is 1. The van der Waals surface area contributed by atoms with Crippen molar-refractivity contribution in [2.45, 2.75) is 19.8 Å². The van der Waals surface area contributed by atoms with Gasteiger partial charge in [-0.05, 0) is 42.5 Å².